The Balaban J connectivity index is 1.80. The largest absolute Gasteiger partial charge is 0.573 e. The lowest BCUT2D eigenvalue weighted by molar-refractivity contribution is -0.274. The molecule has 1 unspecified atom stereocenters. The van der Waals surface area contributed by atoms with Crippen LogP contribution in [-0.2, 0) is 25.9 Å². The molecule has 39 heavy (non-hydrogen) atoms. The molecule has 0 N–H and O–H groups in total. The van der Waals surface area contributed by atoms with E-state index in [0.29, 0.717) is 18.4 Å². The van der Waals surface area contributed by atoms with Crippen molar-refractivity contribution in [2.75, 3.05) is 19.3 Å². The van der Waals surface area contributed by atoms with Crippen LogP contribution in [0.15, 0.2) is 52.3 Å². The number of carbonyl (C=O) groups is 1. The predicted molar refractivity (Wildman–Crippen MR) is 128 cm³/mol. The summed E-state index contributed by atoms with van der Waals surface area (Å²) in [4.78, 5) is 13.2. The van der Waals surface area contributed by atoms with Crippen LogP contribution < -0.4 is 4.74 Å². The molecule has 2 aromatic rings. The van der Waals surface area contributed by atoms with Crippen LogP contribution in [0.4, 0.5) is 26.3 Å². The molecule has 2 aromatic carbocycles. The third kappa shape index (κ3) is 7.24. The smallest absolute Gasteiger partial charge is 0.406 e. The zero-order valence-corrected chi connectivity index (χ0v) is 22.3. The molecule has 7 nitrogen and oxygen atoms in total. The van der Waals surface area contributed by atoms with Gasteiger partial charge in [0, 0.05) is 19.3 Å². The Morgan fingerprint density at radius 2 is 1.62 bits per heavy atom. The topological polar surface area (TPSA) is 97.8 Å². The second-order valence-electron chi connectivity index (χ2n) is 9.12. The summed E-state index contributed by atoms with van der Waals surface area (Å²) in [5.41, 5.74) is -1.65. The number of benzene rings is 2. The minimum Gasteiger partial charge on any atom is -0.406 e. The molecule has 1 saturated heterocycles. The van der Waals surface area contributed by atoms with Gasteiger partial charge in [0.1, 0.15) is 5.75 Å². The first-order chi connectivity index (χ1) is 17.8. The van der Waals surface area contributed by atoms with E-state index in [9.17, 15) is 48.0 Å². The van der Waals surface area contributed by atoms with Crippen molar-refractivity contribution in [3.63, 3.8) is 0 Å². The molecule has 1 heterocycles. The fourth-order valence-electron chi connectivity index (χ4n) is 4.66. The van der Waals surface area contributed by atoms with Crippen LogP contribution in [0, 0.1) is 5.92 Å². The van der Waals surface area contributed by atoms with Crippen LogP contribution in [0.2, 0.25) is 0 Å². The van der Waals surface area contributed by atoms with Crippen LogP contribution in [0.1, 0.15) is 42.1 Å². The summed E-state index contributed by atoms with van der Waals surface area (Å²) in [5, 5.41) is -0.992. The predicted octanol–water partition coefficient (Wildman–Crippen LogP) is 5.11. The van der Waals surface area contributed by atoms with E-state index < -0.39 is 71.1 Å². The van der Waals surface area contributed by atoms with Gasteiger partial charge in [-0.2, -0.15) is 13.2 Å². The highest BCUT2D eigenvalue weighted by atomic mass is 32.2. The first kappa shape index (κ1) is 30.7. The molecule has 216 valence electrons. The number of carbonyl (C=O) groups excluding carboxylic acids is 1. The summed E-state index contributed by atoms with van der Waals surface area (Å²) >= 11 is 0. The molecule has 0 aliphatic carbocycles. The molecule has 3 rings (SSSR count). The van der Waals surface area contributed by atoms with Gasteiger partial charge in [-0.25, -0.2) is 16.8 Å². The molecular weight excluding hydrogens is 576 g/mol. The highest BCUT2D eigenvalue weighted by molar-refractivity contribution is 7.92. The van der Waals surface area contributed by atoms with E-state index in [1.165, 1.54) is 4.90 Å². The Bertz CT molecular complexity index is 1430. The van der Waals surface area contributed by atoms with Gasteiger partial charge in [-0.15, -0.1) is 13.2 Å². The first-order valence-electron chi connectivity index (χ1n) is 11.6. The number of hydrogen-bond donors (Lipinski definition) is 0. The average molecular weight is 602 g/mol. The third-order valence-corrected chi connectivity index (χ3v) is 10.0. The molecule has 0 aromatic heterocycles. The van der Waals surface area contributed by atoms with Crippen LogP contribution >= 0.6 is 0 Å². The van der Waals surface area contributed by atoms with Gasteiger partial charge in [0.15, 0.2) is 19.7 Å². The normalized spacial score (nSPS) is 16.7. The van der Waals surface area contributed by atoms with Crippen LogP contribution in [0.25, 0.3) is 0 Å². The van der Waals surface area contributed by atoms with E-state index in [0.717, 1.165) is 30.3 Å². The Kier molecular flexibility index (Phi) is 8.66. The maximum absolute atomic E-state index is 13.3. The second kappa shape index (κ2) is 11.0. The van der Waals surface area contributed by atoms with E-state index in [4.69, 9.17) is 0 Å². The van der Waals surface area contributed by atoms with Gasteiger partial charge in [-0.3, -0.25) is 4.79 Å². The molecule has 0 saturated carbocycles. The number of halogens is 6. The summed E-state index contributed by atoms with van der Waals surface area (Å²) < 4.78 is 132. The monoisotopic (exact) mass is 601 g/mol. The van der Waals surface area contributed by atoms with Gasteiger partial charge in [0.25, 0.3) is 5.91 Å². The lowest BCUT2D eigenvalue weighted by Crippen LogP contribution is -2.43. The molecule has 0 spiro atoms. The highest BCUT2D eigenvalue weighted by Crippen LogP contribution is 2.35. The molecular formula is C24H25F6NO6S2. The Hall–Kier alpha value is -2.81. The molecule has 1 fully saturated rings. The molecule has 15 heteroatoms. The van der Waals surface area contributed by atoms with Gasteiger partial charge >= 0.3 is 12.5 Å². The summed E-state index contributed by atoms with van der Waals surface area (Å²) in [6.45, 7) is 1.60. The van der Waals surface area contributed by atoms with E-state index in [2.05, 4.69) is 4.74 Å². The van der Waals surface area contributed by atoms with Crippen molar-refractivity contribution in [1.29, 1.82) is 0 Å². The standard InChI is InChI=1S/C24H25F6NO6S2/c1-3-20(39(35,36)18-6-4-5-17(14-18)37-24(28,29)30)15-9-11-31(12-10-15)22(32)19-8-7-16(23(25,26)27)13-21(19)38(2,33)34/h4-8,13-15,20H,3,9-12H2,1-2H3. The maximum Gasteiger partial charge on any atom is 0.573 e. The minimum atomic E-state index is -5.00. The van der Waals surface area contributed by atoms with Crippen LogP contribution in [0.5, 0.6) is 5.75 Å². The average Bonchev–Trinajstić information content (AvgIpc) is 2.82. The summed E-state index contributed by atoms with van der Waals surface area (Å²) in [7, 11) is -8.30. The Morgan fingerprint density at radius 3 is 2.13 bits per heavy atom. The van der Waals surface area contributed by atoms with Crippen molar-refractivity contribution in [1.82, 2.24) is 4.90 Å². The molecule has 1 atom stereocenters. The zero-order valence-electron chi connectivity index (χ0n) is 20.7. The number of sulfone groups is 2. The van der Waals surface area contributed by atoms with Crippen LogP contribution in [-0.4, -0.2) is 58.6 Å². The fourth-order valence-corrected chi connectivity index (χ4v) is 7.67. The van der Waals surface area contributed by atoms with E-state index in [1.807, 2.05) is 0 Å². The number of nitrogens with zero attached hydrogens (tertiary/aromatic N) is 1. The highest BCUT2D eigenvalue weighted by Gasteiger charge is 2.38. The van der Waals surface area contributed by atoms with Crippen molar-refractivity contribution in [2.24, 2.45) is 5.92 Å². The van der Waals surface area contributed by atoms with Crippen molar-refractivity contribution < 1.29 is 52.7 Å². The van der Waals surface area contributed by atoms with Crippen molar-refractivity contribution in [2.45, 2.75) is 53.8 Å². The number of rotatable bonds is 7. The van der Waals surface area contributed by atoms with Crippen molar-refractivity contribution >= 4 is 25.6 Å². The second-order valence-corrected chi connectivity index (χ2v) is 13.3. The quantitative estimate of drug-likeness (QED) is 0.409. The molecule has 1 aliphatic heterocycles. The number of ether oxygens (including phenoxy) is 1. The summed E-state index contributed by atoms with van der Waals surface area (Å²) in [6.07, 6.45) is -8.68. The van der Waals surface area contributed by atoms with Gasteiger partial charge in [0.2, 0.25) is 0 Å². The minimum absolute atomic E-state index is 0.00301. The molecule has 1 amide bonds. The summed E-state index contributed by atoms with van der Waals surface area (Å²) in [5.74, 6) is -1.98. The third-order valence-electron chi connectivity index (χ3n) is 6.46. The number of likely N-dealkylation sites (tertiary alicyclic amines) is 1. The van der Waals surface area contributed by atoms with Crippen molar-refractivity contribution in [3.8, 4) is 5.75 Å². The number of piperidine rings is 1. The first-order valence-corrected chi connectivity index (χ1v) is 15.1. The molecule has 0 bridgehead atoms. The van der Waals surface area contributed by atoms with E-state index in [-0.39, 0.29) is 37.2 Å². The molecule has 1 aliphatic rings. The lowest BCUT2D eigenvalue weighted by Gasteiger charge is -2.36. The van der Waals surface area contributed by atoms with Gasteiger partial charge in [0.05, 0.1) is 26.2 Å². The zero-order chi connectivity index (χ0) is 29.4. The SMILES string of the molecule is CCC(C1CCN(C(=O)c2ccc(C(F)(F)F)cc2S(C)(=O)=O)CC1)S(=O)(=O)c1cccc(OC(F)(F)F)c1. The van der Waals surface area contributed by atoms with E-state index in [1.54, 1.807) is 6.92 Å². The lowest BCUT2D eigenvalue weighted by atomic mass is 9.91. The number of amides is 1. The Labute approximate surface area is 221 Å². The van der Waals surface area contributed by atoms with Gasteiger partial charge in [-0.1, -0.05) is 13.0 Å². The number of hydrogen-bond acceptors (Lipinski definition) is 6. The fraction of sp³-hybridized carbons (Fsp3) is 0.458. The maximum atomic E-state index is 13.3. The Morgan fingerprint density at radius 1 is 1.00 bits per heavy atom. The van der Waals surface area contributed by atoms with E-state index >= 15 is 0 Å². The number of alkyl halides is 6. The summed E-state index contributed by atoms with van der Waals surface area (Å²) in [6, 6.07) is 5.90. The van der Waals surface area contributed by atoms with Gasteiger partial charge < -0.3 is 9.64 Å². The van der Waals surface area contributed by atoms with Crippen LogP contribution in [0.3, 0.4) is 0 Å². The van der Waals surface area contributed by atoms with Gasteiger partial charge in [-0.05, 0) is 61.6 Å². The van der Waals surface area contributed by atoms with Crippen molar-refractivity contribution in [3.05, 3.63) is 53.6 Å². The molecule has 0 radical (unpaired) electrons.